The van der Waals surface area contributed by atoms with E-state index in [1.165, 1.54) is 13.1 Å². The summed E-state index contributed by atoms with van der Waals surface area (Å²) in [4.78, 5) is 0. The average Bonchev–Trinajstić information content (AvgIpc) is 2.63. The third kappa shape index (κ3) is 2.13. The normalized spacial score (nSPS) is 42.0. The molecule has 0 aromatic heterocycles. The molecule has 0 radical (unpaired) electrons. The molecule has 1 saturated heterocycles. The van der Waals surface area contributed by atoms with Gasteiger partial charge in [-0.2, -0.15) is 0 Å². The summed E-state index contributed by atoms with van der Waals surface area (Å²) in [6.07, 6.45) is 1.60. The molecule has 1 aliphatic carbocycles. The molecule has 0 bridgehead atoms. The number of rotatable bonds is 4. The predicted molar refractivity (Wildman–Crippen MR) is 66.5 cm³/mol. The highest BCUT2D eigenvalue weighted by Crippen LogP contribution is 2.42. The first-order valence-corrected chi connectivity index (χ1v) is 6.52. The first-order chi connectivity index (χ1) is 7.55. The highest BCUT2D eigenvalue weighted by Gasteiger charge is 2.48. The van der Waals surface area contributed by atoms with Crippen LogP contribution in [0.3, 0.4) is 0 Å². The highest BCUT2D eigenvalue weighted by atomic mass is 16.5. The Labute approximate surface area is 99.3 Å². The summed E-state index contributed by atoms with van der Waals surface area (Å²) < 4.78 is 5.47. The number of ether oxygens (including phenoxy) is 1. The van der Waals surface area contributed by atoms with Crippen molar-refractivity contribution in [1.82, 2.24) is 10.6 Å². The molecule has 0 aromatic carbocycles. The van der Waals surface area contributed by atoms with Gasteiger partial charge in [-0.1, -0.05) is 20.8 Å². The summed E-state index contributed by atoms with van der Waals surface area (Å²) in [6, 6.07) is 0.630. The van der Waals surface area contributed by atoms with E-state index in [0.717, 1.165) is 24.8 Å². The van der Waals surface area contributed by atoms with Gasteiger partial charge in [-0.15, -0.1) is 0 Å². The Morgan fingerprint density at radius 2 is 2.12 bits per heavy atom. The Kier molecular flexibility index (Phi) is 3.57. The van der Waals surface area contributed by atoms with E-state index in [2.05, 4.69) is 31.4 Å². The average molecular weight is 226 g/mol. The van der Waals surface area contributed by atoms with Gasteiger partial charge in [-0.3, -0.25) is 0 Å². The summed E-state index contributed by atoms with van der Waals surface area (Å²) in [5.74, 6) is 1.62. The second-order valence-corrected chi connectivity index (χ2v) is 6.14. The summed E-state index contributed by atoms with van der Waals surface area (Å²) in [6.45, 7) is 10.5. The largest absolute Gasteiger partial charge is 0.381 e. The molecule has 3 heteroatoms. The van der Waals surface area contributed by atoms with E-state index in [1.54, 1.807) is 0 Å². The molecule has 1 heterocycles. The fourth-order valence-corrected chi connectivity index (χ4v) is 3.06. The van der Waals surface area contributed by atoms with E-state index in [0.29, 0.717) is 17.6 Å². The van der Waals surface area contributed by atoms with Gasteiger partial charge < -0.3 is 15.4 Å². The van der Waals surface area contributed by atoms with Gasteiger partial charge in [-0.05, 0) is 37.9 Å². The highest BCUT2D eigenvalue weighted by molar-refractivity contribution is 5.03. The van der Waals surface area contributed by atoms with Crippen molar-refractivity contribution in [2.75, 3.05) is 26.7 Å². The fourth-order valence-electron chi connectivity index (χ4n) is 3.06. The van der Waals surface area contributed by atoms with Crippen molar-refractivity contribution >= 4 is 0 Å². The maximum absolute atomic E-state index is 5.47. The topological polar surface area (TPSA) is 33.3 Å². The third-order valence-corrected chi connectivity index (χ3v) is 4.77. The minimum atomic E-state index is 0.296. The lowest BCUT2D eigenvalue weighted by Gasteiger charge is -2.51. The van der Waals surface area contributed by atoms with Crippen LogP contribution in [0.5, 0.6) is 0 Å². The van der Waals surface area contributed by atoms with Crippen LogP contribution in [0, 0.1) is 17.3 Å². The maximum Gasteiger partial charge on any atom is 0.0652 e. The van der Waals surface area contributed by atoms with Crippen molar-refractivity contribution in [3.8, 4) is 0 Å². The van der Waals surface area contributed by atoms with Crippen LogP contribution in [0.2, 0.25) is 0 Å². The van der Waals surface area contributed by atoms with Crippen LogP contribution in [0.4, 0.5) is 0 Å². The lowest BCUT2D eigenvalue weighted by atomic mass is 9.64. The fraction of sp³-hybridized carbons (Fsp3) is 1.00. The molecule has 0 spiro atoms. The third-order valence-electron chi connectivity index (χ3n) is 4.77. The second-order valence-electron chi connectivity index (χ2n) is 6.14. The number of methoxy groups -OCH3 is 1. The van der Waals surface area contributed by atoms with Crippen LogP contribution >= 0.6 is 0 Å². The molecule has 0 amide bonds. The molecular weight excluding hydrogens is 200 g/mol. The minimum Gasteiger partial charge on any atom is -0.381 e. The van der Waals surface area contributed by atoms with Gasteiger partial charge in [0.15, 0.2) is 0 Å². The standard InChI is InChI=1S/C13H26N2O/c1-9-6-14-7-10(9)8-15-11-5-12(16-4)13(11,2)3/h9-12,14-15H,5-8H2,1-4H3/t9-,10+,11?,12?/m1/s1. The molecule has 4 atom stereocenters. The van der Waals surface area contributed by atoms with Crippen LogP contribution in [-0.4, -0.2) is 38.9 Å². The zero-order valence-electron chi connectivity index (χ0n) is 11.0. The van der Waals surface area contributed by atoms with Gasteiger partial charge >= 0.3 is 0 Å². The summed E-state index contributed by atoms with van der Waals surface area (Å²) >= 11 is 0. The molecule has 2 aliphatic rings. The van der Waals surface area contributed by atoms with Crippen LogP contribution in [-0.2, 0) is 4.74 Å². The van der Waals surface area contributed by atoms with Gasteiger partial charge in [-0.25, -0.2) is 0 Å². The molecule has 2 fully saturated rings. The lowest BCUT2D eigenvalue weighted by molar-refractivity contribution is -0.0981. The van der Waals surface area contributed by atoms with Crippen LogP contribution in [0.1, 0.15) is 27.2 Å². The molecule has 2 rings (SSSR count). The van der Waals surface area contributed by atoms with Gasteiger partial charge in [0.2, 0.25) is 0 Å². The van der Waals surface area contributed by atoms with Crippen molar-refractivity contribution < 1.29 is 4.74 Å². The van der Waals surface area contributed by atoms with E-state index in [4.69, 9.17) is 4.74 Å². The molecule has 3 nitrogen and oxygen atoms in total. The zero-order chi connectivity index (χ0) is 11.8. The van der Waals surface area contributed by atoms with E-state index in [-0.39, 0.29) is 0 Å². The predicted octanol–water partition coefficient (Wildman–Crippen LogP) is 1.24. The molecule has 16 heavy (non-hydrogen) atoms. The smallest absolute Gasteiger partial charge is 0.0652 e. The van der Waals surface area contributed by atoms with Crippen molar-refractivity contribution in [2.24, 2.45) is 17.3 Å². The van der Waals surface area contributed by atoms with Crippen molar-refractivity contribution in [3.63, 3.8) is 0 Å². The number of hydrogen-bond donors (Lipinski definition) is 2. The molecule has 2 unspecified atom stereocenters. The Morgan fingerprint density at radius 1 is 1.38 bits per heavy atom. The van der Waals surface area contributed by atoms with Crippen molar-refractivity contribution in [2.45, 2.75) is 39.3 Å². The number of hydrogen-bond acceptors (Lipinski definition) is 3. The Morgan fingerprint density at radius 3 is 2.62 bits per heavy atom. The molecular formula is C13H26N2O. The molecule has 94 valence electrons. The number of nitrogens with one attached hydrogen (secondary N) is 2. The molecule has 1 saturated carbocycles. The van der Waals surface area contributed by atoms with E-state index < -0.39 is 0 Å². The summed E-state index contributed by atoms with van der Waals surface area (Å²) in [5.41, 5.74) is 0.296. The maximum atomic E-state index is 5.47. The van der Waals surface area contributed by atoms with Crippen LogP contribution in [0.25, 0.3) is 0 Å². The van der Waals surface area contributed by atoms with Crippen LogP contribution < -0.4 is 10.6 Å². The Balaban J connectivity index is 1.75. The van der Waals surface area contributed by atoms with Gasteiger partial charge in [0.25, 0.3) is 0 Å². The van der Waals surface area contributed by atoms with Gasteiger partial charge in [0, 0.05) is 18.6 Å². The summed E-state index contributed by atoms with van der Waals surface area (Å²) in [7, 11) is 1.83. The second kappa shape index (κ2) is 4.63. The SMILES string of the molecule is COC1CC(NC[C@@H]2CNC[C@H]2C)C1(C)C. The first kappa shape index (κ1) is 12.3. The van der Waals surface area contributed by atoms with Crippen molar-refractivity contribution in [1.29, 1.82) is 0 Å². The lowest BCUT2D eigenvalue weighted by Crippen LogP contribution is -2.61. The first-order valence-electron chi connectivity index (χ1n) is 6.52. The molecule has 2 N–H and O–H groups in total. The Hall–Kier alpha value is -0.120. The minimum absolute atomic E-state index is 0.296. The quantitative estimate of drug-likeness (QED) is 0.757. The Bertz CT molecular complexity index is 242. The van der Waals surface area contributed by atoms with Crippen molar-refractivity contribution in [3.05, 3.63) is 0 Å². The zero-order valence-corrected chi connectivity index (χ0v) is 11.0. The monoisotopic (exact) mass is 226 g/mol. The van der Waals surface area contributed by atoms with Gasteiger partial charge in [0.1, 0.15) is 0 Å². The van der Waals surface area contributed by atoms with E-state index in [1.807, 2.05) is 7.11 Å². The molecule has 0 aromatic rings. The van der Waals surface area contributed by atoms with E-state index >= 15 is 0 Å². The van der Waals surface area contributed by atoms with Crippen LogP contribution in [0.15, 0.2) is 0 Å². The van der Waals surface area contributed by atoms with E-state index in [9.17, 15) is 0 Å². The summed E-state index contributed by atoms with van der Waals surface area (Å²) in [5, 5.41) is 7.18. The molecule has 1 aliphatic heterocycles. The van der Waals surface area contributed by atoms with Gasteiger partial charge in [0.05, 0.1) is 6.10 Å².